The van der Waals surface area contributed by atoms with Crippen LogP contribution in [0.5, 0.6) is 11.6 Å². The highest BCUT2D eigenvalue weighted by Gasteiger charge is 2.14. The molecule has 2 rings (SSSR count). The summed E-state index contributed by atoms with van der Waals surface area (Å²) in [6.07, 6.45) is 1.10. The Morgan fingerprint density at radius 3 is 2.29 bits per heavy atom. The minimum Gasteiger partial charge on any atom is -0.477 e. The Hall–Kier alpha value is -2.41. The summed E-state index contributed by atoms with van der Waals surface area (Å²) in [7, 11) is -3.29. The average Bonchev–Trinajstić information content (AvgIpc) is 2.38. The number of carboxylic acids is 1. The first-order valence-corrected chi connectivity index (χ1v) is 7.85. The molecule has 2 aromatic rings. The molecule has 0 unspecified atom stereocenters. The normalized spacial score (nSPS) is 11.1. The highest BCUT2D eigenvalue weighted by Crippen LogP contribution is 2.25. The molecule has 0 radical (unpaired) electrons. The molecule has 6 nitrogen and oxygen atoms in total. The van der Waals surface area contributed by atoms with E-state index in [4.69, 9.17) is 9.84 Å². The maximum atomic E-state index is 11.4. The quantitative estimate of drug-likeness (QED) is 0.931. The Morgan fingerprint density at radius 1 is 1.14 bits per heavy atom. The van der Waals surface area contributed by atoms with Gasteiger partial charge in [-0.1, -0.05) is 0 Å². The van der Waals surface area contributed by atoms with Gasteiger partial charge in [-0.05, 0) is 43.3 Å². The van der Waals surface area contributed by atoms with Crippen LogP contribution in [0.4, 0.5) is 0 Å². The number of aromatic carboxylic acids is 1. The molecule has 0 saturated heterocycles. The molecule has 1 aromatic heterocycles. The zero-order valence-corrected chi connectivity index (χ0v) is 12.2. The van der Waals surface area contributed by atoms with E-state index in [0.717, 1.165) is 6.26 Å². The van der Waals surface area contributed by atoms with Crippen molar-refractivity contribution in [2.24, 2.45) is 0 Å². The van der Waals surface area contributed by atoms with E-state index >= 15 is 0 Å². The summed E-state index contributed by atoms with van der Waals surface area (Å²) in [4.78, 5) is 15.3. The summed E-state index contributed by atoms with van der Waals surface area (Å²) in [6.45, 7) is 1.71. The number of rotatable bonds is 4. The van der Waals surface area contributed by atoms with Gasteiger partial charge in [-0.15, -0.1) is 0 Å². The van der Waals surface area contributed by atoms with Crippen molar-refractivity contribution in [3.8, 4) is 11.6 Å². The third kappa shape index (κ3) is 3.57. The second kappa shape index (κ2) is 5.53. The number of aryl methyl sites for hydroxylation is 1. The number of pyridine rings is 1. The molecular formula is C14H13NO5S. The average molecular weight is 307 g/mol. The van der Waals surface area contributed by atoms with Gasteiger partial charge in [0.25, 0.3) is 0 Å². The maximum absolute atomic E-state index is 11.4. The molecule has 0 fully saturated rings. The maximum Gasteiger partial charge on any atom is 0.341 e. The minimum atomic E-state index is -3.29. The standard InChI is InChI=1S/C14H13NO5S/c1-9-3-8-12(14(16)17)13(15-9)20-10-4-6-11(7-5-10)21(2,18)19/h3-8H,1-2H3,(H,16,17). The fourth-order valence-electron chi connectivity index (χ4n) is 1.64. The molecule has 110 valence electrons. The summed E-state index contributed by atoms with van der Waals surface area (Å²) in [5, 5.41) is 9.09. The van der Waals surface area contributed by atoms with E-state index in [-0.39, 0.29) is 16.3 Å². The zero-order chi connectivity index (χ0) is 15.6. The van der Waals surface area contributed by atoms with E-state index in [0.29, 0.717) is 11.4 Å². The largest absolute Gasteiger partial charge is 0.477 e. The van der Waals surface area contributed by atoms with Crippen LogP contribution in [-0.2, 0) is 9.84 Å². The van der Waals surface area contributed by atoms with Crippen molar-refractivity contribution >= 4 is 15.8 Å². The Kier molecular flexibility index (Phi) is 3.95. The number of hydrogen-bond donors (Lipinski definition) is 1. The third-order valence-electron chi connectivity index (χ3n) is 2.70. The number of carbonyl (C=O) groups is 1. The highest BCUT2D eigenvalue weighted by molar-refractivity contribution is 7.90. The number of hydrogen-bond acceptors (Lipinski definition) is 5. The van der Waals surface area contributed by atoms with Crippen LogP contribution in [0.2, 0.25) is 0 Å². The van der Waals surface area contributed by atoms with Crippen LogP contribution in [0.15, 0.2) is 41.3 Å². The summed E-state index contributed by atoms with van der Waals surface area (Å²) in [5.74, 6) is -0.872. The summed E-state index contributed by atoms with van der Waals surface area (Å²) >= 11 is 0. The first-order valence-electron chi connectivity index (χ1n) is 5.96. The molecular weight excluding hydrogens is 294 g/mol. The number of aromatic nitrogens is 1. The lowest BCUT2D eigenvalue weighted by atomic mass is 10.2. The topological polar surface area (TPSA) is 93.6 Å². The highest BCUT2D eigenvalue weighted by atomic mass is 32.2. The van der Waals surface area contributed by atoms with Gasteiger partial charge in [0.1, 0.15) is 11.3 Å². The van der Waals surface area contributed by atoms with Crippen LogP contribution < -0.4 is 4.74 Å². The van der Waals surface area contributed by atoms with Crippen molar-refractivity contribution in [1.82, 2.24) is 4.98 Å². The van der Waals surface area contributed by atoms with Crippen LogP contribution in [0.25, 0.3) is 0 Å². The number of carboxylic acid groups (broad SMARTS) is 1. The van der Waals surface area contributed by atoms with E-state index in [1.807, 2.05) is 0 Å². The Balaban J connectivity index is 2.34. The molecule has 21 heavy (non-hydrogen) atoms. The molecule has 0 aliphatic heterocycles. The Morgan fingerprint density at radius 2 is 1.76 bits per heavy atom. The number of sulfone groups is 1. The second-order valence-electron chi connectivity index (χ2n) is 4.46. The Bertz CT molecular complexity index is 782. The van der Waals surface area contributed by atoms with Crippen LogP contribution in [0.1, 0.15) is 16.1 Å². The van der Waals surface area contributed by atoms with E-state index < -0.39 is 15.8 Å². The molecule has 1 heterocycles. The van der Waals surface area contributed by atoms with E-state index in [1.54, 1.807) is 13.0 Å². The van der Waals surface area contributed by atoms with Gasteiger partial charge in [0.05, 0.1) is 4.90 Å². The van der Waals surface area contributed by atoms with Crippen molar-refractivity contribution < 1.29 is 23.1 Å². The molecule has 7 heteroatoms. The van der Waals surface area contributed by atoms with Crippen LogP contribution in [0, 0.1) is 6.92 Å². The van der Waals surface area contributed by atoms with E-state index in [2.05, 4.69) is 4.98 Å². The smallest absolute Gasteiger partial charge is 0.341 e. The van der Waals surface area contributed by atoms with Crippen molar-refractivity contribution in [2.75, 3.05) is 6.26 Å². The van der Waals surface area contributed by atoms with Crippen LogP contribution in [-0.4, -0.2) is 30.7 Å². The van der Waals surface area contributed by atoms with Gasteiger partial charge >= 0.3 is 5.97 Å². The summed E-state index contributed by atoms with van der Waals surface area (Å²) < 4.78 is 28.2. The van der Waals surface area contributed by atoms with Crippen LogP contribution >= 0.6 is 0 Å². The monoisotopic (exact) mass is 307 g/mol. The predicted molar refractivity (Wildman–Crippen MR) is 75.6 cm³/mol. The lowest BCUT2D eigenvalue weighted by molar-refractivity contribution is 0.0693. The zero-order valence-electron chi connectivity index (χ0n) is 11.4. The molecule has 0 saturated carbocycles. The Labute approximate surface area is 121 Å². The number of ether oxygens (including phenoxy) is 1. The summed E-state index contributed by atoms with van der Waals surface area (Å²) in [5.41, 5.74) is 0.551. The van der Waals surface area contributed by atoms with Gasteiger partial charge in [-0.25, -0.2) is 18.2 Å². The van der Waals surface area contributed by atoms with Gasteiger partial charge in [0.2, 0.25) is 5.88 Å². The lowest BCUT2D eigenvalue weighted by Gasteiger charge is -2.08. The van der Waals surface area contributed by atoms with Crippen molar-refractivity contribution in [2.45, 2.75) is 11.8 Å². The van der Waals surface area contributed by atoms with Gasteiger partial charge in [0.15, 0.2) is 9.84 Å². The van der Waals surface area contributed by atoms with Crippen molar-refractivity contribution in [3.05, 3.63) is 47.7 Å². The molecule has 0 aliphatic carbocycles. The fourth-order valence-corrected chi connectivity index (χ4v) is 2.27. The molecule has 0 amide bonds. The van der Waals surface area contributed by atoms with Gasteiger partial charge in [0, 0.05) is 11.9 Å². The lowest BCUT2D eigenvalue weighted by Crippen LogP contribution is -2.03. The van der Waals surface area contributed by atoms with Crippen molar-refractivity contribution in [1.29, 1.82) is 0 Å². The SMILES string of the molecule is Cc1ccc(C(=O)O)c(Oc2ccc(S(C)(=O)=O)cc2)n1. The molecule has 1 aromatic carbocycles. The summed E-state index contributed by atoms with van der Waals surface area (Å²) in [6, 6.07) is 8.66. The van der Waals surface area contributed by atoms with Gasteiger partial charge in [-0.3, -0.25) is 0 Å². The molecule has 0 atom stereocenters. The molecule has 0 bridgehead atoms. The van der Waals surface area contributed by atoms with Gasteiger partial charge < -0.3 is 9.84 Å². The van der Waals surface area contributed by atoms with E-state index in [9.17, 15) is 13.2 Å². The number of nitrogens with zero attached hydrogens (tertiary/aromatic N) is 1. The molecule has 1 N–H and O–H groups in total. The molecule has 0 aliphatic rings. The second-order valence-corrected chi connectivity index (χ2v) is 6.47. The fraction of sp³-hybridized carbons (Fsp3) is 0.143. The first-order chi connectivity index (χ1) is 9.77. The van der Waals surface area contributed by atoms with Crippen molar-refractivity contribution in [3.63, 3.8) is 0 Å². The third-order valence-corrected chi connectivity index (χ3v) is 3.82. The first kappa shape index (κ1) is 15.0. The van der Waals surface area contributed by atoms with Gasteiger partial charge in [-0.2, -0.15) is 0 Å². The predicted octanol–water partition coefficient (Wildman–Crippen LogP) is 2.28. The van der Waals surface area contributed by atoms with E-state index in [1.165, 1.54) is 30.3 Å². The molecule has 0 spiro atoms. The minimum absolute atomic E-state index is 0.0328. The number of benzene rings is 1. The van der Waals surface area contributed by atoms with Crippen LogP contribution in [0.3, 0.4) is 0 Å².